The van der Waals surface area contributed by atoms with Gasteiger partial charge in [-0.25, -0.2) is 0 Å². The van der Waals surface area contributed by atoms with E-state index in [1.165, 1.54) is 11.8 Å². The molecule has 4 heteroatoms. The lowest BCUT2D eigenvalue weighted by Gasteiger charge is -2.04. The van der Waals surface area contributed by atoms with Gasteiger partial charge in [-0.2, -0.15) is 0 Å². The summed E-state index contributed by atoms with van der Waals surface area (Å²) >= 11 is 7.57. The Balaban J connectivity index is 2.46. The molecular weight excluding hydrogens is 240 g/mol. The van der Waals surface area contributed by atoms with Crippen LogP contribution in [0.5, 0.6) is 0 Å². The Bertz CT molecular complexity index is 364. The lowest BCUT2D eigenvalue weighted by Crippen LogP contribution is -2.09. The quantitative estimate of drug-likeness (QED) is 0.661. The van der Waals surface area contributed by atoms with Crippen molar-refractivity contribution < 1.29 is 0 Å². The molecule has 0 spiro atoms. The molecule has 0 heterocycles. The molecule has 1 rings (SSSR count). The van der Waals surface area contributed by atoms with Gasteiger partial charge in [-0.3, -0.25) is 4.99 Å². The average Bonchev–Trinajstić information content (AvgIpc) is 2.25. The van der Waals surface area contributed by atoms with E-state index in [1.54, 1.807) is 0 Å². The highest BCUT2D eigenvalue weighted by Crippen LogP contribution is 2.20. The summed E-state index contributed by atoms with van der Waals surface area (Å²) in [6.07, 6.45) is 0. The molecule has 2 N–H and O–H groups in total. The average molecular weight is 257 g/mol. The molecule has 0 aliphatic carbocycles. The minimum atomic E-state index is 0.541. The van der Waals surface area contributed by atoms with Crippen LogP contribution in [0.25, 0.3) is 0 Å². The topological polar surface area (TPSA) is 38.4 Å². The van der Waals surface area contributed by atoms with Gasteiger partial charge in [-0.05, 0) is 17.5 Å². The highest BCUT2D eigenvalue weighted by atomic mass is 35.5. The van der Waals surface area contributed by atoms with Crippen LogP contribution in [0.3, 0.4) is 0 Å². The number of thioether (sulfide) groups is 1. The van der Waals surface area contributed by atoms with Crippen LogP contribution in [0.2, 0.25) is 5.02 Å². The summed E-state index contributed by atoms with van der Waals surface area (Å²) < 4.78 is 0. The van der Waals surface area contributed by atoms with Gasteiger partial charge >= 0.3 is 0 Å². The summed E-state index contributed by atoms with van der Waals surface area (Å²) in [5.41, 5.74) is 6.88. The van der Waals surface area contributed by atoms with Crippen LogP contribution in [-0.4, -0.2) is 11.7 Å². The standard InChI is InChI=1S/C12H17ClN2S/c1-9(2)7-15-12(14)16-8-10-5-3-4-6-11(10)13/h3-6,9H,7-8H2,1-2H3,(H2,14,15). The van der Waals surface area contributed by atoms with E-state index in [1.807, 2.05) is 24.3 Å². The molecule has 0 bridgehead atoms. The minimum Gasteiger partial charge on any atom is -0.379 e. The van der Waals surface area contributed by atoms with Crippen molar-refractivity contribution in [1.82, 2.24) is 0 Å². The Morgan fingerprint density at radius 2 is 2.12 bits per heavy atom. The molecular formula is C12H17ClN2S. The van der Waals surface area contributed by atoms with Gasteiger partial charge in [0.15, 0.2) is 5.17 Å². The number of halogens is 1. The lowest BCUT2D eigenvalue weighted by molar-refractivity contribution is 0.666. The summed E-state index contributed by atoms with van der Waals surface area (Å²) in [5.74, 6) is 1.31. The van der Waals surface area contributed by atoms with Crippen LogP contribution in [-0.2, 0) is 5.75 Å². The minimum absolute atomic E-state index is 0.541. The fourth-order valence-corrected chi connectivity index (χ4v) is 2.09. The van der Waals surface area contributed by atoms with Crippen LogP contribution < -0.4 is 5.73 Å². The van der Waals surface area contributed by atoms with Gasteiger partial charge in [-0.15, -0.1) is 0 Å². The Morgan fingerprint density at radius 3 is 2.75 bits per heavy atom. The third kappa shape index (κ3) is 4.90. The number of nitrogens with two attached hydrogens (primary N) is 1. The number of aliphatic imine (C=N–C) groups is 1. The predicted molar refractivity (Wildman–Crippen MR) is 74.1 cm³/mol. The van der Waals surface area contributed by atoms with Crippen molar-refractivity contribution in [3.8, 4) is 0 Å². The summed E-state index contributed by atoms with van der Waals surface area (Å²) in [6.45, 7) is 5.02. The highest BCUT2D eigenvalue weighted by Gasteiger charge is 2.01. The SMILES string of the molecule is CC(C)CN=C(N)SCc1ccccc1Cl. The number of benzene rings is 1. The summed E-state index contributed by atoms with van der Waals surface area (Å²) in [7, 11) is 0. The predicted octanol–water partition coefficient (Wildman–Crippen LogP) is 3.54. The third-order valence-corrected chi connectivity index (χ3v) is 3.19. The molecule has 1 aromatic carbocycles. The van der Waals surface area contributed by atoms with Gasteiger partial charge in [0.1, 0.15) is 0 Å². The van der Waals surface area contributed by atoms with E-state index in [2.05, 4.69) is 18.8 Å². The molecule has 0 saturated carbocycles. The molecule has 88 valence electrons. The Hall–Kier alpha value is -0.670. The fraction of sp³-hybridized carbons (Fsp3) is 0.417. The monoisotopic (exact) mass is 256 g/mol. The van der Waals surface area contributed by atoms with Crippen LogP contribution >= 0.6 is 23.4 Å². The van der Waals surface area contributed by atoms with Crippen LogP contribution in [0.4, 0.5) is 0 Å². The third-order valence-electron chi connectivity index (χ3n) is 1.95. The second kappa shape index (κ2) is 6.81. The molecule has 0 aromatic heterocycles. The van der Waals surface area contributed by atoms with E-state index in [-0.39, 0.29) is 0 Å². The van der Waals surface area contributed by atoms with Crippen molar-refractivity contribution in [2.24, 2.45) is 16.6 Å². The molecule has 16 heavy (non-hydrogen) atoms. The smallest absolute Gasteiger partial charge is 0.154 e. The summed E-state index contributed by atoms with van der Waals surface area (Å²) in [4.78, 5) is 4.28. The van der Waals surface area contributed by atoms with E-state index in [0.29, 0.717) is 11.1 Å². The summed E-state index contributed by atoms with van der Waals surface area (Å²) in [5, 5.41) is 1.42. The maximum absolute atomic E-state index is 6.04. The second-order valence-electron chi connectivity index (χ2n) is 3.95. The lowest BCUT2D eigenvalue weighted by atomic mass is 10.2. The van der Waals surface area contributed by atoms with Crippen molar-refractivity contribution in [2.45, 2.75) is 19.6 Å². The first-order valence-electron chi connectivity index (χ1n) is 5.25. The van der Waals surface area contributed by atoms with Gasteiger partial charge in [-0.1, -0.05) is 55.4 Å². The maximum Gasteiger partial charge on any atom is 0.154 e. The molecule has 1 aromatic rings. The zero-order chi connectivity index (χ0) is 12.0. The Morgan fingerprint density at radius 1 is 1.44 bits per heavy atom. The summed E-state index contributed by atoms with van der Waals surface area (Å²) in [6, 6.07) is 7.79. The Labute approximate surface area is 106 Å². The van der Waals surface area contributed by atoms with Gasteiger partial charge in [0.2, 0.25) is 0 Å². The molecule has 0 saturated heterocycles. The molecule has 0 unspecified atom stereocenters. The zero-order valence-corrected chi connectivity index (χ0v) is 11.2. The fourth-order valence-electron chi connectivity index (χ4n) is 1.09. The van der Waals surface area contributed by atoms with Gasteiger partial charge in [0.05, 0.1) is 0 Å². The van der Waals surface area contributed by atoms with Gasteiger partial charge < -0.3 is 5.73 Å². The number of hydrogen-bond acceptors (Lipinski definition) is 2. The molecule has 2 nitrogen and oxygen atoms in total. The van der Waals surface area contributed by atoms with E-state index in [9.17, 15) is 0 Å². The Kier molecular flexibility index (Phi) is 5.71. The first-order valence-corrected chi connectivity index (χ1v) is 6.62. The van der Waals surface area contributed by atoms with Crippen LogP contribution in [0, 0.1) is 5.92 Å². The normalized spacial score (nSPS) is 12.1. The van der Waals surface area contributed by atoms with Crippen molar-refractivity contribution >= 4 is 28.5 Å². The molecule has 0 amide bonds. The molecule has 0 aliphatic rings. The highest BCUT2D eigenvalue weighted by molar-refractivity contribution is 8.13. The zero-order valence-electron chi connectivity index (χ0n) is 9.61. The van der Waals surface area contributed by atoms with Crippen molar-refractivity contribution in [1.29, 1.82) is 0 Å². The van der Waals surface area contributed by atoms with Crippen LogP contribution in [0.15, 0.2) is 29.3 Å². The van der Waals surface area contributed by atoms with Gasteiger partial charge in [0, 0.05) is 17.3 Å². The molecule has 0 aliphatic heterocycles. The van der Waals surface area contributed by atoms with Gasteiger partial charge in [0.25, 0.3) is 0 Å². The molecule has 0 atom stereocenters. The first kappa shape index (κ1) is 13.4. The maximum atomic E-state index is 6.04. The first-order chi connectivity index (χ1) is 7.59. The van der Waals surface area contributed by atoms with E-state index in [0.717, 1.165) is 22.9 Å². The van der Waals surface area contributed by atoms with E-state index >= 15 is 0 Å². The van der Waals surface area contributed by atoms with Crippen LogP contribution in [0.1, 0.15) is 19.4 Å². The number of amidine groups is 1. The van der Waals surface area contributed by atoms with Crippen molar-refractivity contribution in [3.05, 3.63) is 34.9 Å². The molecule has 0 fully saturated rings. The van der Waals surface area contributed by atoms with E-state index in [4.69, 9.17) is 17.3 Å². The number of rotatable bonds is 4. The number of nitrogens with zero attached hydrogens (tertiary/aromatic N) is 1. The molecule has 0 radical (unpaired) electrons. The van der Waals surface area contributed by atoms with E-state index < -0.39 is 0 Å². The van der Waals surface area contributed by atoms with Crippen molar-refractivity contribution in [3.63, 3.8) is 0 Å². The largest absolute Gasteiger partial charge is 0.379 e. The van der Waals surface area contributed by atoms with Crippen molar-refractivity contribution in [2.75, 3.05) is 6.54 Å². The second-order valence-corrected chi connectivity index (χ2v) is 5.36. The number of hydrogen-bond donors (Lipinski definition) is 1.